The minimum absolute atomic E-state index is 0.0606. The predicted molar refractivity (Wildman–Crippen MR) is 124 cm³/mol. The van der Waals surface area contributed by atoms with Crippen LogP contribution >= 0.6 is 0 Å². The van der Waals surface area contributed by atoms with Gasteiger partial charge in [0, 0.05) is 24.9 Å². The van der Waals surface area contributed by atoms with Gasteiger partial charge in [-0.1, -0.05) is 18.2 Å². The molecule has 1 atom stereocenters. The number of methoxy groups -OCH3 is 1. The lowest BCUT2D eigenvalue weighted by Gasteiger charge is -2.29. The van der Waals surface area contributed by atoms with Gasteiger partial charge in [0.15, 0.2) is 11.5 Å². The van der Waals surface area contributed by atoms with Gasteiger partial charge in [0.1, 0.15) is 0 Å². The molecule has 1 N–H and O–H groups in total. The highest BCUT2D eigenvalue weighted by Gasteiger charge is 2.13. The lowest BCUT2D eigenvalue weighted by molar-refractivity contribution is -0.117. The lowest BCUT2D eigenvalue weighted by atomic mass is 10.1. The van der Waals surface area contributed by atoms with Crippen LogP contribution in [-0.2, 0) is 9.53 Å². The highest BCUT2D eigenvalue weighted by atomic mass is 16.5. The van der Waals surface area contributed by atoms with Crippen molar-refractivity contribution in [1.82, 2.24) is 5.32 Å². The summed E-state index contributed by atoms with van der Waals surface area (Å²) in [4.78, 5) is 14.7. The quantitative estimate of drug-likeness (QED) is 0.644. The van der Waals surface area contributed by atoms with Crippen molar-refractivity contribution in [1.29, 1.82) is 0 Å². The molecule has 0 radical (unpaired) electrons. The first-order valence-electron chi connectivity index (χ1n) is 10.7. The van der Waals surface area contributed by atoms with Crippen LogP contribution in [0.1, 0.15) is 37.9 Å². The largest absolute Gasteiger partial charge is 0.493 e. The Morgan fingerprint density at radius 3 is 2.42 bits per heavy atom. The van der Waals surface area contributed by atoms with Gasteiger partial charge in [-0.15, -0.1) is 0 Å². The fourth-order valence-electron chi connectivity index (χ4n) is 3.45. The van der Waals surface area contributed by atoms with Crippen LogP contribution < -0.4 is 19.7 Å². The molecule has 0 saturated carbocycles. The molecule has 0 bridgehead atoms. The van der Waals surface area contributed by atoms with Crippen molar-refractivity contribution >= 4 is 17.7 Å². The highest BCUT2D eigenvalue weighted by molar-refractivity contribution is 5.92. The lowest BCUT2D eigenvalue weighted by Crippen LogP contribution is -2.36. The van der Waals surface area contributed by atoms with Crippen molar-refractivity contribution in [2.24, 2.45) is 0 Å². The van der Waals surface area contributed by atoms with Gasteiger partial charge in [0.25, 0.3) is 0 Å². The summed E-state index contributed by atoms with van der Waals surface area (Å²) in [5.74, 6) is 1.18. The van der Waals surface area contributed by atoms with Crippen LogP contribution in [0, 0.1) is 0 Å². The molecule has 6 heteroatoms. The molecule has 1 saturated heterocycles. The molecule has 1 aliphatic heterocycles. The molecule has 166 valence electrons. The Labute approximate surface area is 184 Å². The Morgan fingerprint density at radius 2 is 1.77 bits per heavy atom. The maximum Gasteiger partial charge on any atom is 0.244 e. The number of rotatable bonds is 8. The van der Waals surface area contributed by atoms with Crippen LogP contribution in [0.2, 0.25) is 0 Å². The Hall–Kier alpha value is -2.99. The second-order valence-electron chi connectivity index (χ2n) is 7.83. The topological polar surface area (TPSA) is 60.0 Å². The monoisotopic (exact) mass is 424 g/mol. The van der Waals surface area contributed by atoms with Crippen molar-refractivity contribution in [3.05, 3.63) is 59.7 Å². The van der Waals surface area contributed by atoms with Gasteiger partial charge in [0.05, 0.1) is 32.5 Å². The Morgan fingerprint density at radius 1 is 1.06 bits per heavy atom. The zero-order valence-corrected chi connectivity index (χ0v) is 18.8. The number of ether oxygens (including phenoxy) is 3. The van der Waals surface area contributed by atoms with Crippen LogP contribution in [0.4, 0.5) is 5.69 Å². The number of benzene rings is 2. The molecule has 1 fully saturated rings. The molecule has 2 aromatic carbocycles. The number of nitrogens with one attached hydrogen (secondary N) is 1. The van der Waals surface area contributed by atoms with E-state index in [1.165, 1.54) is 11.8 Å². The Balaban J connectivity index is 1.57. The van der Waals surface area contributed by atoms with E-state index in [1.54, 1.807) is 13.2 Å². The van der Waals surface area contributed by atoms with Crippen molar-refractivity contribution < 1.29 is 19.0 Å². The van der Waals surface area contributed by atoms with Crippen molar-refractivity contribution in [2.45, 2.75) is 32.9 Å². The molecular weight excluding hydrogens is 392 g/mol. The summed E-state index contributed by atoms with van der Waals surface area (Å²) in [5, 5.41) is 3.02. The molecule has 1 aliphatic rings. The number of amides is 1. The first-order valence-corrected chi connectivity index (χ1v) is 10.7. The summed E-state index contributed by atoms with van der Waals surface area (Å²) < 4.78 is 16.5. The van der Waals surface area contributed by atoms with Gasteiger partial charge in [-0.05, 0) is 62.2 Å². The first-order chi connectivity index (χ1) is 15.0. The van der Waals surface area contributed by atoms with Crippen molar-refractivity contribution in [3.63, 3.8) is 0 Å². The Bertz CT molecular complexity index is 887. The van der Waals surface area contributed by atoms with E-state index in [1.807, 2.05) is 39.0 Å². The van der Waals surface area contributed by atoms with E-state index in [9.17, 15) is 4.79 Å². The number of anilines is 1. The minimum Gasteiger partial charge on any atom is -0.493 e. The van der Waals surface area contributed by atoms with E-state index < -0.39 is 0 Å². The number of carbonyl (C=O) groups excluding carboxylic acids is 1. The third-order valence-corrected chi connectivity index (χ3v) is 5.11. The maximum absolute atomic E-state index is 12.4. The van der Waals surface area contributed by atoms with Gasteiger partial charge < -0.3 is 24.4 Å². The zero-order chi connectivity index (χ0) is 22.2. The molecule has 0 spiro atoms. The summed E-state index contributed by atoms with van der Waals surface area (Å²) in [7, 11) is 1.61. The highest BCUT2D eigenvalue weighted by Crippen LogP contribution is 2.29. The van der Waals surface area contributed by atoms with E-state index in [-0.39, 0.29) is 18.1 Å². The summed E-state index contributed by atoms with van der Waals surface area (Å²) in [6.45, 7) is 9.26. The zero-order valence-electron chi connectivity index (χ0n) is 18.8. The third kappa shape index (κ3) is 6.49. The van der Waals surface area contributed by atoms with Crippen LogP contribution in [-0.4, -0.2) is 45.4 Å². The van der Waals surface area contributed by atoms with Gasteiger partial charge in [-0.3, -0.25) is 4.79 Å². The summed E-state index contributed by atoms with van der Waals surface area (Å²) in [6.07, 6.45) is 3.37. The number of hydrogen-bond acceptors (Lipinski definition) is 5. The van der Waals surface area contributed by atoms with Gasteiger partial charge in [-0.2, -0.15) is 0 Å². The van der Waals surface area contributed by atoms with Crippen molar-refractivity contribution in [3.8, 4) is 11.5 Å². The first kappa shape index (κ1) is 22.7. The SMILES string of the molecule is COc1cc(/C=C/C(=O)NC(C)c2ccc(N3CCOCC3)cc2)ccc1OC(C)C. The third-order valence-electron chi connectivity index (χ3n) is 5.11. The standard InChI is InChI=1S/C25H32N2O4/c1-18(2)31-23-11-5-20(17-24(23)29-4)6-12-25(28)26-19(3)21-7-9-22(10-8-21)27-13-15-30-16-14-27/h5-12,17-19H,13-16H2,1-4H3,(H,26,28)/b12-6+. The summed E-state index contributed by atoms with van der Waals surface area (Å²) in [5.41, 5.74) is 3.12. The molecule has 6 nitrogen and oxygen atoms in total. The van der Waals surface area contributed by atoms with Crippen molar-refractivity contribution in [2.75, 3.05) is 38.3 Å². The minimum atomic E-state index is -0.147. The van der Waals surface area contributed by atoms with Crippen LogP contribution in [0.25, 0.3) is 6.08 Å². The van der Waals surface area contributed by atoms with Gasteiger partial charge in [-0.25, -0.2) is 0 Å². The van der Waals surface area contributed by atoms with Crippen LogP contribution in [0.15, 0.2) is 48.5 Å². The summed E-state index contributed by atoms with van der Waals surface area (Å²) in [6, 6.07) is 13.9. The average molecular weight is 425 g/mol. The normalized spacial score (nSPS) is 15.2. The van der Waals surface area contributed by atoms with Crippen LogP contribution in [0.3, 0.4) is 0 Å². The molecule has 31 heavy (non-hydrogen) atoms. The Kier molecular flexibility index (Phi) is 7.95. The summed E-state index contributed by atoms with van der Waals surface area (Å²) >= 11 is 0. The number of hydrogen-bond donors (Lipinski definition) is 1. The molecule has 3 rings (SSSR count). The van der Waals surface area contributed by atoms with E-state index in [2.05, 4.69) is 34.5 Å². The van der Waals surface area contributed by atoms with Crippen LogP contribution in [0.5, 0.6) is 11.5 Å². The van der Waals surface area contributed by atoms with E-state index >= 15 is 0 Å². The maximum atomic E-state index is 12.4. The number of carbonyl (C=O) groups is 1. The van der Waals surface area contributed by atoms with E-state index in [4.69, 9.17) is 14.2 Å². The van der Waals surface area contributed by atoms with Gasteiger partial charge >= 0.3 is 0 Å². The fraction of sp³-hybridized carbons (Fsp3) is 0.400. The number of morpholine rings is 1. The van der Waals surface area contributed by atoms with E-state index in [0.29, 0.717) is 11.5 Å². The van der Waals surface area contributed by atoms with Gasteiger partial charge in [0.2, 0.25) is 5.91 Å². The second-order valence-corrected chi connectivity index (χ2v) is 7.83. The molecule has 1 amide bonds. The average Bonchev–Trinajstić information content (AvgIpc) is 2.78. The molecule has 0 aliphatic carbocycles. The number of nitrogens with zero attached hydrogens (tertiary/aromatic N) is 1. The molecule has 1 heterocycles. The van der Waals surface area contributed by atoms with E-state index in [0.717, 1.165) is 37.4 Å². The molecule has 2 aromatic rings. The predicted octanol–water partition coefficient (Wildman–Crippen LogP) is 4.21. The smallest absolute Gasteiger partial charge is 0.244 e. The fourth-order valence-corrected chi connectivity index (χ4v) is 3.45. The molecular formula is C25H32N2O4. The molecule has 0 aromatic heterocycles. The second kappa shape index (κ2) is 10.9. The molecule has 1 unspecified atom stereocenters.